The lowest BCUT2D eigenvalue weighted by molar-refractivity contribution is 0.0949. The Morgan fingerprint density at radius 2 is 1.95 bits per heavy atom. The zero-order chi connectivity index (χ0) is 27.0. The van der Waals surface area contributed by atoms with Gasteiger partial charge in [-0.2, -0.15) is 5.26 Å². The second kappa shape index (κ2) is 9.61. The van der Waals surface area contributed by atoms with E-state index in [1.807, 2.05) is 6.07 Å². The Kier molecular flexibility index (Phi) is 6.83. The Labute approximate surface area is 214 Å². The maximum atomic E-state index is 13.1. The Bertz CT molecular complexity index is 1570. The summed E-state index contributed by atoms with van der Waals surface area (Å²) in [5.74, 6) is -0.467. The fourth-order valence-corrected chi connectivity index (χ4v) is 6.34. The van der Waals surface area contributed by atoms with Crippen molar-refractivity contribution in [2.45, 2.75) is 42.7 Å². The second-order valence-electron chi connectivity index (χ2n) is 9.86. The number of carbonyl (C=O) groups excluding carboxylic acids is 1. The molecule has 1 aromatic carbocycles. The van der Waals surface area contributed by atoms with E-state index in [4.69, 9.17) is 10.00 Å². The summed E-state index contributed by atoms with van der Waals surface area (Å²) in [5.41, 5.74) is 1.00. The van der Waals surface area contributed by atoms with Gasteiger partial charge in [0.2, 0.25) is 5.88 Å². The van der Waals surface area contributed by atoms with Crippen molar-refractivity contribution < 1.29 is 23.1 Å². The maximum Gasteiger partial charge on any atom is 0.263 e. The van der Waals surface area contributed by atoms with E-state index in [0.717, 1.165) is 5.56 Å². The second-order valence-corrected chi connectivity index (χ2v) is 12.8. The normalized spacial score (nSPS) is 14.7. The predicted octanol–water partition coefficient (Wildman–Crippen LogP) is 1.83. The van der Waals surface area contributed by atoms with Crippen LogP contribution in [0.15, 0.2) is 47.4 Å². The molecule has 1 amide bonds. The fourth-order valence-electron chi connectivity index (χ4n) is 4.15. The summed E-state index contributed by atoms with van der Waals surface area (Å²) < 4.78 is 30.9. The van der Waals surface area contributed by atoms with E-state index < -0.39 is 37.4 Å². The van der Waals surface area contributed by atoms with E-state index in [1.54, 1.807) is 30.3 Å². The molecule has 2 N–H and O–H groups in total. The number of amides is 1. The number of ether oxygens (including phenoxy) is 1. The van der Waals surface area contributed by atoms with Crippen LogP contribution in [0.2, 0.25) is 0 Å². The monoisotopic (exact) mass is 524 g/mol. The predicted molar refractivity (Wildman–Crippen MR) is 137 cm³/mol. The third-order valence-electron chi connectivity index (χ3n) is 6.83. The number of hydrogen-bond donors (Lipinski definition) is 2. The zero-order valence-corrected chi connectivity index (χ0v) is 21.6. The van der Waals surface area contributed by atoms with Crippen molar-refractivity contribution in [1.29, 1.82) is 5.26 Å². The van der Waals surface area contributed by atoms with Crippen LogP contribution in [0.5, 0.6) is 5.88 Å². The highest BCUT2D eigenvalue weighted by molar-refractivity contribution is 7.94. The quantitative estimate of drug-likeness (QED) is 0.430. The first-order valence-electron chi connectivity index (χ1n) is 11.7. The van der Waals surface area contributed by atoms with Crippen molar-refractivity contribution in [3.8, 4) is 11.9 Å². The van der Waals surface area contributed by atoms with Crippen molar-refractivity contribution >= 4 is 26.6 Å². The number of rotatable bonds is 9. The molecule has 0 saturated heterocycles. The summed E-state index contributed by atoms with van der Waals surface area (Å²) in [6, 6.07) is 11.9. The largest absolute Gasteiger partial charge is 0.474 e. The van der Waals surface area contributed by atoms with E-state index in [1.165, 1.54) is 37.7 Å². The molecule has 0 spiro atoms. The Balaban J connectivity index is 1.58. The van der Waals surface area contributed by atoms with Gasteiger partial charge >= 0.3 is 0 Å². The summed E-state index contributed by atoms with van der Waals surface area (Å²) in [4.78, 5) is 30.1. The molecular formula is C26H28N4O6S. The van der Waals surface area contributed by atoms with Gasteiger partial charge in [0, 0.05) is 25.2 Å². The van der Waals surface area contributed by atoms with Gasteiger partial charge in [0.05, 0.1) is 23.0 Å². The average molecular weight is 525 g/mol. The smallest absolute Gasteiger partial charge is 0.263 e. The molecule has 0 radical (unpaired) electrons. The van der Waals surface area contributed by atoms with Crippen LogP contribution in [0.4, 0.5) is 0 Å². The molecule has 10 nitrogen and oxygen atoms in total. The standard InChI is InChI=1S/C26H28N4O6S/c1-25(2,15-31)37(34,35)26(9-10-26)16-36-23-21-19(8-11-28-23)12-20(24(33)30(21)3)22(32)29-14-18-6-4-17(13-27)5-7-18/h4-8,11-12,31H,9-10,14-16H2,1-3H3,(H,29,32). The summed E-state index contributed by atoms with van der Waals surface area (Å²) in [6.45, 7) is 2.48. The number of benzene rings is 1. The third kappa shape index (κ3) is 4.70. The number of aromatic nitrogens is 2. The van der Waals surface area contributed by atoms with Crippen LogP contribution in [0.3, 0.4) is 0 Å². The molecule has 4 rings (SSSR count). The number of aliphatic hydroxyl groups is 1. The van der Waals surface area contributed by atoms with Crippen molar-refractivity contribution in [3.05, 3.63) is 69.6 Å². The van der Waals surface area contributed by atoms with Crippen LogP contribution in [-0.4, -0.2) is 51.7 Å². The minimum Gasteiger partial charge on any atom is -0.474 e. The highest BCUT2D eigenvalue weighted by atomic mass is 32.2. The van der Waals surface area contributed by atoms with Crippen LogP contribution in [0.1, 0.15) is 48.2 Å². The lowest BCUT2D eigenvalue weighted by Gasteiger charge is -2.28. The number of hydrogen-bond acceptors (Lipinski definition) is 8. The molecule has 11 heteroatoms. The Hall–Kier alpha value is -3.75. The number of pyridine rings is 2. The van der Waals surface area contributed by atoms with Crippen molar-refractivity contribution in [2.75, 3.05) is 13.2 Å². The van der Waals surface area contributed by atoms with Crippen LogP contribution in [-0.2, 0) is 23.4 Å². The van der Waals surface area contributed by atoms with Gasteiger partial charge in [-0.05, 0) is 56.5 Å². The van der Waals surface area contributed by atoms with Gasteiger partial charge in [-0.15, -0.1) is 0 Å². The molecule has 3 aromatic rings. The van der Waals surface area contributed by atoms with Gasteiger partial charge in [-0.1, -0.05) is 12.1 Å². The minimum atomic E-state index is -3.71. The molecule has 1 aliphatic carbocycles. The van der Waals surface area contributed by atoms with E-state index >= 15 is 0 Å². The van der Waals surface area contributed by atoms with Crippen LogP contribution in [0, 0.1) is 11.3 Å². The van der Waals surface area contributed by atoms with Crippen molar-refractivity contribution in [1.82, 2.24) is 14.9 Å². The van der Waals surface area contributed by atoms with Crippen LogP contribution < -0.4 is 15.6 Å². The number of fused-ring (bicyclic) bond motifs is 1. The molecule has 194 valence electrons. The number of aliphatic hydroxyl groups excluding tert-OH is 1. The van der Waals surface area contributed by atoms with Gasteiger partial charge in [0.25, 0.3) is 11.5 Å². The van der Waals surface area contributed by atoms with Crippen molar-refractivity contribution in [3.63, 3.8) is 0 Å². The fraction of sp³-hybridized carbons (Fsp3) is 0.385. The van der Waals surface area contributed by atoms with E-state index in [-0.39, 0.29) is 24.6 Å². The number of sulfone groups is 1. The number of nitrogens with zero attached hydrogens (tertiary/aromatic N) is 3. The molecule has 0 bridgehead atoms. The van der Waals surface area contributed by atoms with Crippen molar-refractivity contribution in [2.24, 2.45) is 7.05 Å². The average Bonchev–Trinajstić information content (AvgIpc) is 3.70. The lowest BCUT2D eigenvalue weighted by atomic mass is 10.1. The van der Waals surface area contributed by atoms with Gasteiger partial charge in [0.1, 0.15) is 22.4 Å². The molecule has 2 aromatic heterocycles. The third-order valence-corrected chi connectivity index (χ3v) is 10.1. The first-order chi connectivity index (χ1) is 17.5. The SMILES string of the molecule is Cn1c(=O)c(C(=O)NCc2ccc(C#N)cc2)cc2ccnc(OCC3(S(=O)(=O)C(C)(C)CO)CC3)c21. The summed E-state index contributed by atoms with van der Waals surface area (Å²) >= 11 is 0. The van der Waals surface area contributed by atoms with E-state index in [0.29, 0.717) is 29.3 Å². The maximum absolute atomic E-state index is 13.1. The highest BCUT2D eigenvalue weighted by Gasteiger charge is 2.60. The van der Waals surface area contributed by atoms with Gasteiger partial charge in [-0.25, -0.2) is 13.4 Å². The molecule has 0 unspecified atom stereocenters. The molecule has 0 atom stereocenters. The summed E-state index contributed by atoms with van der Waals surface area (Å²) in [6.07, 6.45) is 2.28. The summed E-state index contributed by atoms with van der Waals surface area (Å²) in [5, 5.41) is 21.7. The van der Waals surface area contributed by atoms with Crippen LogP contribution in [0.25, 0.3) is 10.9 Å². The number of nitriles is 1. The van der Waals surface area contributed by atoms with Gasteiger partial charge in [0.15, 0.2) is 9.84 Å². The molecule has 2 heterocycles. The highest BCUT2D eigenvalue weighted by Crippen LogP contribution is 2.48. The molecule has 0 aliphatic heterocycles. The minimum absolute atomic E-state index is 0.0632. The molecule has 1 saturated carbocycles. The number of carbonyl (C=O) groups is 1. The van der Waals surface area contributed by atoms with Gasteiger partial charge < -0.3 is 19.7 Å². The first-order valence-corrected chi connectivity index (χ1v) is 13.2. The summed E-state index contributed by atoms with van der Waals surface area (Å²) in [7, 11) is -2.21. The van der Waals surface area contributed by atoms with E-state index in [2.05, 4.69) is 10.3 Å². The van der Waals surface area contributed by atoms with Gasteiger partial charge in [-0.3, -0.25) is 9.59 Å². The molecular weight excluding hydrogens is 496 g/mol. The zero-order valence-electron chi connectivity index (χ0n) is 20.8. The topological polar surface area (TPSA) is 151 Å². The lowest BCUT2D eigenvalue weighted by Crippen LogP contribution is -2.46. The van der Waals surface area contributed by atoms with Crippen LogP contribution >= 0.6 is 0 Å². The molecule has 1 aliphatic rings. The number of nitrogens with one attached hydrogen (secondary N) is 1. The molecule has 37 heavy (non-hydrogen) atoms. The number of aryl methyl sites for hydroxylation is 1. The first kappa shape index (κ1) is 26.3. The Morgan fingerprint density at radius 1 is 1.27 bits per heavy atom. The Morgan fingerprint density at radius 3 is 2.54 bits per heavy atom. The van der Waals surface area contributed by atoms with E-state index in [9.17, 15) is 23.1 Å². The molecule has 1 fully saturated rings.